The molecule has 5 aliphatic rings. The van der Waals surface area contributed by atoms with Crippen LogP contribution in [0.25, 0.3) is 0 Å². The molecule has 5 aliphatic carbocycles. The quantitative estimate of drug-likeness (QED) is 0.320. The SMILES string of the molecule is C=C(C)[C@@H]1CC[C@]2(COC(C)=O)CC[C@]3(C)C(CCC4[C@@]5(C)CCC(=O)C(C)=C5CC[C@]43C)C12. The Labute approximate surface area is 207 Å². The van der Waals surface area contributed by atoms with Crippen LogP contribution in [0, 0.1) is 45.3 Å². The van der Waals surface area contributed by atoms with Crippen LogP contribution in [0.5, 0.6) is 0 Å². The number of ether oxygens (including phenoxy) is 1. The fourth-order valence-electron chi connectivity index (χ4n) is 10.6. The predicted molar refractivity (Wildman–Crippen MR) is 136 cm³/mol. The molecule has 188 valence electrons. The van der Waals surface area contributed by atoms with E-state index in [1.807, 2.05) is 0 Å². The van der Waals surface area contributed by atoms with Gasteiger partial charge in [-0.05, 0) is 117 Å². The Balaban J connectivity index is 1.55. The number of Topliss-reactive ketones (excluding diaryl/α,β-unsaturated/α-hetero) is 1. The van der Waals surface area contributed by atoms with Gasteiger partial charge in [-0.3, -0.25) is 9.59 Å². The molecule has 4 saturated carbocycles. The molecule has 8 atom stereocenters. The average molecular weight is 467 g/mol. The highest BCUT2D eigenvalue weighted by Crippen LogP contribution is 2.76. The smallest absolute Gasteiger partial charge is 0.302 e. The molecule has 3 nitrogen and oxygen atoms in total. The van der Waals surface area contributed by atoms with Crippen LogP contribution in [0.4, 0.5) is 0 Å². The first kappa shape index (κ1) is 24.3. The van der Waals surface area contributed by atoms with Crippen molar-refractivity contribution in [3.8, 4) is 0 Å². The number of hydrogen-bond donors (Lipinski definition) is 0. The first-order valence-corrected chi connectivity index (χ1v) is 13.9. The van der Waals surface area contributed by atoms with E-state index in [2.05, 4.69) is 41.2 Å². The maximum atomic E-state index is 12.6. The molecular formula is C31H46O3. The molecule has 0 aromatic heterocycles. The standard InChI is InChI=1S/C31H46O3/c1-19(2)22-10-15-31(18-34-21(4)32)17-16-29(6)24(27(22)31)8-9-26-28(5)13-12-25(33)20(3)23(28)11-14-30(26,29)7/h22,24,26-27H,1,8-18H2,2-7H3/t22-,24?,26?,27?,28-,29+,30+,31+/m0/s1. The summed E-state index contributed by atoms with van der Waals surface area (Å²) in [5.41, 5.74) is 4.77. The number of fused-ring (bicyclic) bond motifs is 7. The zero-order chi connectivity index (χ0) is 24.7. The van der Waals surface area contributed by atoms with Crippen molar-refractivity contribution in [2.75, 3.05) is 6.61 Å². The van der Waals surface area contributed by atoms with Crippen molar-refractivity contribution in [2.45, 2.75) is 106 Å². The summed E-state index contributed by atoms with van der Waals surface area (Å²) in [5, 5.41) is 0. The first-order valence-electron chi connectivity index (χ1n) is 13.9. The van der Waals surface area contributed by atoms with Gasteiger partial charge in [0.2, 0.25) is 0 Å². The second kappa shape index (κ2) is 7.81. The molecule has 0 radical (unpaired) electrons. The topological polar surface area (TPSA) is 43.4 Å². The van der Waals surface area contributed by atoms with E-state index in [1.54, 1.807) is 6.92 Å². The van der Waals surface area contributed by atoms with Crippen molar-refractivity contribution in [3.63, 3.8) is 0 Å². The van der Waals surface area contributed by atoms with Gasteiger partial charge in [0.1, 0.15) is 0 Å². The fourth-order valence-corrected chi connectivity index (χ4v) is 10.6. The van der Waals surface area contributed by atoms with Gasteiger partial charge in [-0.25, -0.2) is 0 Å². The van der Waals surface area contributed by atoms with E-state index in [-0.39, 0.29) is 27.6 Å². The lowest BCUT2D eigenvalue weighted by atomic mass is 9.34. The van der Waals surface area contributed by atoms with Crippen LogP contribution in [0.15, 0.2) is 23.3 Å². The third kappa shape index (κ3) is 3.07. The number of carbonyl (C=O) groups excluding carboxylic acids is 2. The molecule has 0 aromatic carbocycles. The minimum absolute atomic E-state index is 0.125. The van der Waals surface area contributed by atoms with Crippen LogP contribution in [0.3, 0.4) is 0 Å². The second-order valence-corrected chi connectivity index (χ2v) is 13.7. The zero-order valence-electron chi connectivity index (χ0n) is 22.5. The van der Waals surface area contributed by atoms with E-state index in [0.29, 0.717) is 36.1 Å². The Morgan fingerprint density at radius 1 is 0.971 bits per heavy atom. The molecule has 3 heteroatoms. The maximum absolute atomic E-state index is 12.6. The normalized spacial score (nSPS) is 47.9. The minimum atomic E-state index is -0.141. The van der Waals surface area contributed by atoms with Crippen molar-refractivity contribution in [1.82, 2.24) is 0 Å². The van der Waals surface area contributed by atoms with Gasteiger partial charge in [0.15, 0.2) is 5.78 Å². The van der Waals surface area contributed by atoms with Crippen LogP contribution in [-0.2, 0) is 14.3 Å². The number of carbonyl (C=O) groups is 2. The van der Waals surface area contributed by atoms with Crippen molar-refractivity contribution in [2.24, 2.45) is 45.3 Å². The van der Waals surface area contributed by atoms with Crippen LogP contribution in [-0.4, -0.2) is 18.4 Å². The lowest BCUT2D eigenvalue weighted by Gasteiger charge is -2.70. The number of hydrogen-bond acceptors (Lipinski definition) is 3. The Morgan fingerprint density at radius 3 is 2.38 bits per heavy atom. The van der Waals surface area contributed by atoms with E-state index in [1.165, 1.54) is 56.1 Å². The van der Waals surface area contributed by atoms with E-state index >= 15 is 0 Å². The summed E-state index contributed by atoms with van der Waals surface area (Å²) in [7, 11) is 0. The van der Waals surface area contributed by atoms with Gasteiger partial charge in [-0.2, -0.15) is 0 Å². The van der Waals surface area contributed by atoms with Crippen LogP contribution < -0.4 is 0 Å². The zero-order valence-corrected chi connectivity index (χ0v) is 22.5. The molecule has 0 aromatic rings. The Kier molecular flexibility index (Phi) is 5.58. The minimum Gasteiger partial charge on any atom is -0.465 e. The summed E-state index contributed by atoms with van der Waals surface area (Å²) in [6.07, 6.45) is 11.4. The van der Waals surface area contributed by atoms with E-state index in [9.17, 15) is 9.59 Å². The lowest BCUT2D eigenvalue weighted by molar-refractivity contribution is -0.204. The highest BCUT2D eigenvalue weighted by atomic mass is 16.5. The highest BCUT2D eigenvalue weighted by Gasteiger charge is 2.69. The molecule has 34 heavy (non-hydrogen) atoms. The molecular weight excluding hydrogens is 420 g/mol. The summed E-state index contributed by atoms with van der Waals surface area (Å²) in [6.45, 7) is 18.7. The molecule has 3 unspecified atom stereocenters. The number of ketones is 1. The number of allylic oxidation sites excluding steroid dienone is 3. The van der Waals surface area contributed by atoms with Gasteiger partial charge in [-0.1, -0.05) is 38.5 Å². The van der Waals surface area contributed by atoms with Gasteiger partial charge in [-0.15, -0.1) is 0 Å². The monoisotopic (exact) mass is 466 g/mol. The molecule has 0 heterocycles. The Hall–Kier alpha value is -1.38. The molecule has 0 spiro atoms. The van der Waals surface area contributed by atoms with Gasteiger partial charge in [0, 0.05) is 18.8 Å². The molecule has 0 bridgehead atoms. The lowest BCUT2D eigenvalue weighted by Crippen LogP contribution is -2.63. The van der Waals surface area contributed by atoms with Gasteiger partial charge in [0.25, 0.3) is 0 Å². The average Bonchev–Trinajstić information content (AvgIpc) is 3.16. The molecule has 4 fully saturated rings. The number of esters is 1. The Morgan fingerprint density at radius 2 is 1.71 bits per heavy atom. The Bertz CT molecular complexity index is 960. The summed E-state index contributed by atoms with van der Waals surface area (Å²) in [5.74, 6) is 2.67. The molecule has 5 rings (SSSR count). The van der Waals surface area contributed by atoms with Crippen molar-refractivity contribution < 1.29 is 14.3 Å². The third-order valence-corrected chi connectivity index (χ3v) is 12.6. The van der Waals surface area contributed by atoms with Gasteiger partial charge < -0.3 is 4.74 Å². The molecule has 0 aliphatic heterocycles. The van der Waals surface area contributed by atoms with Crippen LogP contribution in [0.2, 0.25) is 0 Å². The predicted octanol–water partition coefficient (Wildman–Crippen LogP) is 7.45. The third-order valence-electron chi connectivity index (χ3n) is 12.6. The van der Waals surface area contributed by atoms with Crippen molar-refractivity contribution in [1.29, 1.82) is 0 Å². The van der Waals surface area contributed by atoms with Crippen molar-refractivity contribution >= 4 is 11.8 Å². The molecule has 0 N–H and O–H groups in total. The van der Waals surface area contributed by atoms with E-state index < -0.39 is 0 Å². The van der Waals surface area contributed by atoms with Crippen LogP contribution in [0.1, 0.15) is 106 Å². The van der Waals surface area contributed by atoms with Crippen molar-refractivity contribution in [3.05, 3.63) is 23.3 Å². The van der Waals surface area contributed by atoms with Crippen LogP contribution >= 0.6 is 0 Å². The summed E-state index contributed by atoms with van der Waals surface area (Å²) < 4.78 is 5.76. The largest absolute Gasteiger partial charge is 0.465 e. The van der Waals surface area contributed by atoms with E-state index in [4.69, 9.17) is 4.74 Å². The van der Waals surface area contributed by atoms with Gasteiger partial charge >= 0.3 is 5.97 Å². The highest BCUT2D eigenvalue weighted by molar-refractivity contribution is 5.96. The van der Waals surface area contributed by atoms with E-state index in [0.717, 1.165) is 24.8 Å². The summed E-state index contributed by atoms with van der Waals surface area (Å²) in [6, 6.07) is 0. The molecule has 0 amide bonds. The summed E-state index contributed by atoms with van der Waals surface area (Å²) in [4.78, 5) is 24.4. The maximum Gasteiger partial charge on any atom is 0.302 e. The summed E-state index contributed by atoms with van der Waals surface area (Å²) >= 11 is 0. The van der Waals surface area contributed by atoms with Gasteiger partial charge in [0.05, 0.1) is 6.61 Å². The first-order chi connectivity index (χ1) is 15.9. The number of rotatable bonds is 3. The second-order valence-electron chi connectivity index (χ2n) is 13.7. The molecule has 0 saturated heterocycles. The fraction of sp³-hybridized carbons (Fsp3) is 0.806.